The fourth-order valence-electron chi connectivity index (χ4n) is 1.29. The average Bonchev–Trinajstić information content (AvgIpc) is 2.26. The number of alkyl halides is 1. The number of aryl methyl sites for hydroxylation is 1. The molecule has 0 unspecified atom stereocenters. The minimum Gasteiger partial charge on any atom is -0.356 e. The van der Waals surface area contributed by atoms with Crippen LogP contribution in [0.5, 0.6) is 0 Å². The molecule has 1 heterocycles. The summed E-state index contributed by atoms with van der Waals surface area (Å²) < 4.78 is 0. The van der Waals surface area contributed by atoms with Gasteiger partial charge < -0.3 is 4.90 Å². The summed E-state index contributed by atoms with van der Waals surface area (Å²) in [7, 11) is 0. The molecule has 4 heteroatoms. The van der Waals surface area contributed by atoms with Crippen LogP contribution in [0.1, 0.15) is 19.5 Å². The molecule has 3 nitrogen and oxygen atoms in total. The highest BCUT2D eigenvalue weighted by Gasteiger charge is 2.05. The second kappa shape index (κ2) is 5.96. The van der Waals surface area contributed by atoms with Gasteiger partial charge in [0.15, 0.2) is 0 Å². The van der Waals surface area contributed by atoms with E-state index in [1.165, 1.54) is 0 Å². The van der Waals surface area contributed by atoms with Crippen LogP contribution >= 0.6 is 15.9 Å². The largest absolute Gasteiger partial charge is 0.356 e. The minimum absolute atomic E-state index is 0.960. The summed E-state index contributed by atoms with van der Waals surface area (Å²) in [6, 6.07) is 2.06. The van der Waals surface area contributed by atoms with Gasteiger partial charge in [0.2, 0.25) is 0 Å². The maximum Gasteiger partial charge on any atom is 0.132 e. The fourth-order valence-corrected chi connectivity index (χ4v) is 1.72. The normalized spacial score (nSPS) is 10.2. The molecular weight excluding hydrogens is 242 g/mol. The lowest BCUT2D eigenvalue weighted by Crippen LogP contribution is -2.25. The van der Waals surface area contributed by atoms with E-state index in [0.29, 0.717) is 0 Å². The lowest BCUT2D eigenvalue weighted by Gasteiger charge is -2.20. The van der Waals surface area contributed by atoms with E-state index in [1.807, 2.05) is 0 Å². The maximum atomic E-state index is 4.27. The minimum atomic E-state index is 0.960. The first-order valence-electron chi connectivity index (χ1n) is 4.93. The number of hydrogen-bond acceptors (Lipinski definition) is 3. The van der Waals surface area contributed by atoms with Crippen LogP contribution in [-0.4, -0.2) is 28.4 Å². The predicted molar refractivity (Wildman–Crippen MR) is 63.1 cm³/mol. The molecule has 0 aliphatic heterocycles. The number of halogens is 1. The van der Waals surface area contributed by atoms with E-state index >= 15 is 0 Å². The third-order valence-electron chi connectivity index (χ3n) is 2.13. The number of aromatic nitrogens is 2. The van der Waals surface area contributed by atoms with Crippen molar-refractivity contribution in [1.82, 2.24) is 9.97 Å². The highest BCUT2D eigenvalue weighted by atomic mass is 79.9. The van der Waals surface area contributed by atoms with E-state index in [9.17, 15) is 0 Å². The van der Waals surface area contributed by atoms with E-state index in [1.54, 1.807) is 6.33 Å². The van der Waals surface area contributed by atoms with Crippen molar-refractivity contribution < 1.29 is 0 Å². The molecule has 0 radical (unpaired) electrons. The van der Waals surface area contributed by atoms with Crippen molar-refractivity contribution in [3.63, 3.8) is 0 Å². The lowest BCUT2D eigenvalue weighted by molar-refractivity contribution is 0.841. The second-order valence-corrected chi connectivity index (χ2v) is 3.78. The van der Waals surface area contributed by atoms with Gasteiger partial charge in [-0.25, -0.2) is 9.97 Å². The Kier molecular flexibility index (Phi) is 4.87. The van der Waals surface area contributed by atoms with Gasteiger partial charge in [0, 0.05) is 30.2 Å². The van der Waals surface area contributed by atoms with E-state index in [0.717, 1.165) is 36.4 Å². The number of nitrogens with zero attached hydrogens (tertiary/aromatic N) is 3. The van der Waals surface area contributed by atoms with E-state index in [2.05, 4.69) is 50.7 Å². The standard InChI is InChI=1S/C10H16BrN3/c1-3-9-7-10(13-8-12-9)14(4-2)6-5-11/h7-8H,3-6H2,1-2H3. The number of hydrogen-bond donors (Lipinski definition) is 0. The molecule has 0 N–H and O–H groups in total. The number of anilines is 1. The van der Waals surface area contributed by atoms with Crippen molar-refractivity contribution in [2.24, 2.45) is 0 Å². The van der Waals surface area contributed by atoms with Crippen molar-refractivity contribution >= 4 is 21.7 Å². The van der Waals surface area contributed by atoms with Crippen LogP contribution in [0.3, 0.4) is 0 Å². The quantitative estimate of drug-likeness (QED) is 0.758. The Morgan fingerprint density at radius 2 is 2.14 bits per heavy atom. The molecule has 0 aliphatic carbocycles. The van der Waals surface area contributed by atoms with Gasteiger partial charge in [-0.1, -0.05) is 22.9 Å². The fraction of sp³-hybridized carbons (Fsp3) is 0.600. The Hall–Kier alpha value is -0.640. The first kappa shape index (κ1) is 11.4. The number of rotatable bonds is 5. The third kappa shape index (κ3) is 2.94. The molecule has 0 atom stereocenters. The first-order valence-corrected chi connectivity index (χ1v) is 6.05. The zero-order valence-corrected chi connectivity index (χ0v) is 10.3. The highest BCUT2D eigenvalue weighted by molar-refractivity contribution is 9.09. The van der Waals surface area contributed by atoms with Crippen LogP contribution < -0.4 is 4.90 Å². The zero-order chi connectivity index (χ0) is 10.4. The van der Waals surface area contributed by atoms with Gasteiger partial charge >= 0.3 is 0 Å². The Labute approximate surface area is 93.7 Å². The highest BCUT2D eigenvalue weighted by Crippen LogP contribution is 2.11. The summed E-state index contributed by atoms with van der Waals surface area (Å²) in [5, 5.41) is 0.965. The molecule has 0 fully saturated rings. The van der Waals surface area contributed by atoms with Gasteiger partial charge in [0.1, 0.15) is 12.1 Å². The van der Waals surface area contributed by atoms with Gasteiger partial charge in [-0.2, -0.15) is 0 Å². The van der Waals surface area contributed by atoms with Gasteiger partial charge in [0.05, 0.1) is 0 Å². The third-order valence-corrected chi connectivity index (χ3v) is 2.49. The summed E-state index contributed by atoms with van der Waals surface area (Å²) in [6.45, 7) is 6.20. The Balaban J connectivity index is 2.80. The summed E-state index contributed by atoms with van der Waals surface area (Å²) in [6.07, 6.45) is 2.60. The van der Waals surface area contributed by atoms with Crippen LogP contribution in [0.4, 0.5) is 5.82 Å². The van der Waals surface area contributed by atoms with Crippen molar-refractivity contribution in [1.29, 1.82) is 0 Å². The van der Waals surface area contributed by atoms with Gasteiger partial charge in [-0.05, 0) is 13.3 Å². The molecule has 0 saturated heterocycles. The van der Waals surface area contributed by atoms with Crippen LogP contribution in [-0.2, 0) is 6.42 Å². The van der Waals surface area contributed by atoms with Gasteiger partial charge in [0.25, 0.3) is 0 Å². The first-order chi connectivity index (χ1) is 6.81. The molecule has 1 rings (SSSR count). The molecule has 0 saturated carbocycles. The van der Waals surface area contributed by atoms with E-state index in [-0.39, 0.29) is 0 Å². The molecule has 1 aromatic heterocycles. The summed E-state index contributed by atoms with van der Waals surface area (Å²) in [4.78, 5) is 10.7. The van der Waals surface area contributed by atoms with Crippen LogP contribution in [0, 0.1) is 0 Å². The molecule has 0 spiro atoms. The van der Waals surface area contributed by atoms with Crippen molar-refractivity contribution in [3.05, 3.63) is 18.1 Å². The van der Waals surface area contributed by atoms with Crippen LogP contribution in [0.15, 0.2) is 12.4 Å². The SMILES string of the molecule is CCc1cc(N(CC)CCBr)ncn1. The second-order valence-electron chi connectivity index (χ2n) is 2.99. The molecule has 78 valence electrons. The predicted octanol–water partition coefficient (Wildman–Crippen LogP) is 2.26. The maximum absolute atomic E-state index is 4.27. The summed E-state index contributed by atoms with van der Waals surface area (Å²) in [5.74, 6) is 1.03. The molecule has 0 bridgehead atoms. The topological polar surface area (TPSA) is 29.0 Å². The van der Waals surface area contributed by atoms with E-state index in [4.69, 9.17) is 0 Å². The average molecular weight is 258 g/mol. The zero-order valence-electron chi connectivity index (χ0n) is 8.70. The summed E-state index contributed by atoms with van der Waals surface area (Å²) >= 11 is 3.44. The van der Waals surface area contributed by atoms with E-state index < -0.39 is 0 Å². The molecule has 14 heavy (non-hydrogen) atoms. The van der Waals surface area contributed by atoms with Crippen molar-refractivity contribution in [2.75, 3.05) is 23.3 Å². The molecular formula is C10H16BrN3. The van der Waals surface area contributed by atoms with Crippen LogP contribution in [0.25, 0.3) is 0 Å². The molecule has 0 aliphatic rings. The smallest absolute Gasteiger partial charge is 0.132 e. The van der Waals surface area contributed by atoms with Gasteiger partial charge in [-0.3, -0.25) is 0 Å². The molecule has 1 aromatic rings. The molecule has 0 amide bonds. The molecule has 0 aromatic carbocycles. The lowest BCUT2D eigenvalue weighted by atomic mass is 10.3. The Bertz CT molecular complexity index is 278. The van der Waals surface area contributed by atoms with Crippen LogP contribution in [0.2, 0.25) is 0 Å². The van der Waals surface area contributed by atoms with Crippen molar-refractivity contribution in [3.8, 4) is 0 Å². The Morgan fingerprint density at radius 1 is 1.36 bits per heavy atom. The van der Waals surface area contributed by atoms with Gasteiger partial charge in [-0.15, -0.1) is 0 Å². The Morgan fingerprint density at radius 3 is 2.71 bits per heavy atom. The summed E-state index contributed by atoms with van der Waals surface area (Å²) in [5.41, 5.74) is 1.10. The van der Waals surface area contributed by atoms with Crippen molar-refractivity contribution in [2.45, 2.75) is 20.3 Å². The monoisotopic (exact) mass is 257 g/mol.